The van der Waals surface area contributed by atoms with Crippen LogP contribution in [0.4, 0.5) is 5.69 Å². The van der Waals surface area contributed by atoms with E-state index >= 15 is 0 Å². The van der Waals surface area contributed by atoms with E-state index in [0.29, 0.717) is 0 Å². The van der Waals surface area contributed by atoms with Gasteiger partial charge in [0.15, 0.2) is 8.68 Å². The van der Waals surface area contributed by atoms with Crippen LogP contribution in [0, 0.1) is 13.8 Å². The number of rotatable bonds is 7. The smallest absolute Gasteiger partial charge is 0.237 e. The van der Waals surface area contributed by atoms with Crippen molar-refractivity contribution in [3.63, 3.8) is 0 Å². The SMILES string of the molecule is CCCSc1nnc(S[C@H](C)C(=O)Nc2ccc(C)cc2C)s1. The van der Waals surface area contributed by atoms with Gasteiger partial charge in [0.2, 0.25) is 5.91 Å². The predicted molar refractivity (Wildman–Crippen MR) is 101 cm³/mol. The Labute approximate surface area is 149 Å². The molecule has 0 fully saturated rings. The van der Waals surface area contributed by atoms with Gasteiger partial charge in [0, 0.05) is 11.4 Å². The van der Waals surface area contributed by atoms with Crippen LogP contribution < -0.4 is 5.32 Å². The molecule has 4 nitrogen and oxygen atoms in total. The molecule has 0 bridgehead atoms. The fourth-order valence-electron chi connectivity index (χ4n) is 1.89. The summed E-state index contributed by atoms with van der Waals surface area (Å²) in [5, 5.41) is 11.1. The van der Waals surface area contributed by atoms with Crippen molar-refractivity contribution in [1.29, 1.82) is 0 Å². The van der Waals surface area contributed by atoms with E-state index in [1.165, 1.54) is 17.3 Å². The van der Waals surface area contributed by atoms with Crippen LogP contribution in [0.2, 0.25) is 0 Å². The summed E-state index contributed by atoms with van der Waals surface area (Å²) in [6.07, 6.45) is 1.11. The van der Waals surface area contributed by atoms with Gasteiger partial charge in [-0.05, 0) is 38.8 Å². The summed E-state index contributed by atoms with van der Waals surface area (Å²) in [6.45, 7) is 8.08. The van der Waals surface area contributed by atoms with Gasteiger partial charge >= 0.3 is 0 Å². The summed E-state index contributed by atoms with van der Waals surface area (Å²) in [5.41, 5.74) is 3.13. The molecule has 124 valence electrons. The van der Waals surface area contributed by atoms with Crippen LogP contribution in [-0.4, -0.2) is 27.1 Å². The highest BCUT2D eigenvalue weighted by Crippen LogP contribution is 2.31. The van der Waals surface area contributed by atoms with Crippen molar-refractivity contribution in [3.05, 3.63) is 29.3 Å². The second-order valence-corrected chi connectivity index (χ2v) is 9.16. The lowest BCUT2D eigenvalue weighted by molar-refractivity contribution is -0.115. The van der Waals surface area contributed by atoms with Gasteiger partial charge < -0.3 is 5.32 Å². The second kappa shape index (κ2) is 8.70. The number of thioether (sulfide) groups is 2. The van der Waals surface area contributed by atoms with Crippen LogP contribution in [0.3, 0.4) is 0 Å². The Bertz CT molecular complexity index is 672. The van der Waals surface area contributed by atoms with E-state index in [1.54, 1.807) is 23.1 Å². The predicted octanol–water partition coefficient (Wildman–Crippen LogP) is 4.78. The second-order valence-electron chi connectivity index (χ2n) is 5.25. The third-order valence-corrected chi connectivity index (χ3v) is 6.55. The van der Waals surface area contributed by atoms with Crippen molar-refractivity contribution in [2.45, 2.75) is 48.0 Å². The summed E-state index contributed by atoms with van der Waals surface area (Å²) in [4.78, 5) is 12.4. The van der Waals surface area contributed by atoms with Crippen LogP contribution in [0.5, 0.6) is 0 Å². The third kappa shape index (κ3) is 5.51. The van der Waals surface area contributed by atoms with E-state index in [0.717, 1.165) is 32.1 Å². The zero-order valence-corrected chi connectivity index (χ0v) is 16.2. The normalized spacial score (nSPS) is 12.2. The molecule has 0 radical (unpaired) electrons. The highest BCUT2D eigenvalue weighted by molar-refractivity contribution is 8.03. The van der Waals surface area contributed by atoms with Crippen molar-refractivity contribution in [3.8, 4) is 0 Å². The number of benzene rings is 1. The maximum Gasteiger partial charge on any atom is 0.237 e. The van der Waals surface area contributed by atoms with E-state index < -0.39 is 0 Å². The number of nitrogens with zero attached hydrogens (tertiary/aromatic N) is 2. The van der Waals surface area contributed by atoms with Crippen molar-refractivity contribution in [2.24, 2.45) is 0 Å². The Morgan fingerprint density at radius 3 is 2.74 bits per heavy atom. The number of aromatic nitrogens is 2. The average Bonchev–Trinajstić information content (AvgIpc) is 2.95. The first-order valence-electron chi connectivity index (χ1n) is 7.50. The van der Waals surface area contributed by atoms with Crippen LogP contribution in [0.15, 0.2) is 26.9 Å². The Kier molecular flexibility index (Phi) is 6.92. The monoisotopic (exact) mass is 367 g/mol. The lowest BCUT2D eigenvalue weighted by Crippen LogP contribution is -2.22. The molecule has 0 spiro atoms. The van der Waals surface area contributed by atoms with Gasteiger partial charge in [0.05, 0.1) is 5.25 Å². The molecule has 1 N–H and O–H groups in total. The van der Waals surface area contributed by atoms with Crippen molar-refractivity contribution in [1.82, 2.24) is 10.2 Å². The van der Waals surface area contributed by atoms with E-state index in [-0.39, 0.29) is 11.2 Å². The number of aryl methyl sites for hydroxylation is 2. The molecule has 1 aromatic carbocycles. The minimum absolute atomic E-state index is 0.0140. The molecular formula is C16H21N3OS3. The number of carbonyl (C=O) groups is 1. The molecule has 0 unspecified atom stereocenters. The van der Waals surface area contributed by atoms with Gasteiger partial charge in [-0.1, -0.05) is 59.5 Å². The minimum Gasteiger partial charge on any atom is -0.325 e. The number of hydrogen-bond acceptors (Lipinski definition) is 6. The molecule has 7 heteroatoms. The summed E-state index contributed by atoms with van der Waals surface area (Å²) >= 11 is 4.72. The molecule has 1 atom stereocenters. The van der Waals surface area contributed by atoms with Crippen molar-refractivity contribution < 1.29 is 4.79 Å². The molecule has 2 rings (SSSR count). The zero-order valence-electron chi connectivity index (χ0n) is 13.8. The molecule has 0 saturated carbocycles. The Morgan fingerprint density at radius 2 is 2.04 bits per heavy atom. The van der Waals surface area contributed by atoms with E-state index in [2.05, 4.69) is 28.5 Å². The highest BCUT2D eigenvalue weighted by Gasteiger charge is 2.18. The third-order valence-electron chi connectivity index (χ3n) is 3.10. The largest absolute Gasteiger partial charge is 0.325 e. The van der Waals surface area contributed by atoms with Gasteiger partial charge in [0.25, 0.3) is 0 Å². The van der Waals surface area contributed by atoms with E-state index in [4.69, 9.17) is 0 Å². The molecule has 2 aromatic rings. The van der Waals surface area contributed by atoms with Crippen molar-refractivity contribution in [2.75, 3.05) is 11.1 Å². The number of carbonyl (C=O) groups excluding carboxylic acids is 1. The van der Waals surface area contributed by atoms with Gasteiger partial charge in [-0.3, -0.25) is 4.79 Å². The highest BCUT2D eigenvalue weighted by atomic mass is 32.2. The molecule has 23 heavy (non-hydrogen) atoms. The summed E-state index contributed by atoms with van der Waals surface area (Å²) in [5.74, 6) is 1.03. The van der Waals surface area contributed by atoms with Gasteiger partial charge in [-0.25, -0.2) is 0 Å². The topological polar surface area (TPSA) is 54.9 Å². The molecule has 0 aliphatic heterocycles. The first-order chi connectivity index (χ1) is 11.0. The first-order valence-corrected chi connectivity index (χ1v) is 10.2. The summed E-state index contributed by atoms with van der Waals surface area (Å²) in [7, 11) is 0. The maximum atomic E-state index is 12.4. The Hall–Kier alpha value is -1.05. The first kappa shape index (κ1) is 18.3. The van der Waals surface area contributed by atoms with Gasteiger partial charge in [0.1, 0.15) is 0 Å². The Balaban J connectivity index is 1.93. The molecular weight excluding hydrogens is 346 g/mol. The number of nitrogens with one attached hydrogen (secondary N) is 1. The van der Waals surface area contributed by atoms with Crippen LogP contribution in [0.25, 0.3) is 0 Å². The summed E-state index contributed by atoms with van der Waals surface area (Å²) in [6, 6.07) is 6.02. The molecule has 0 saturated heterocycles. The fourth-order valence-corrected chi connectivity index (χ4v) is 4.97. The average molecular weight is 368 g/mol. The van der Waals surface area contributed by atoms with Crippen LogP contribution >= 0.6 is 34.9 Å². The maximum absolute atomic E-state index is 12.4. The van der Waals surface area contributed by atoms with Crippen LogP contribution in [0.1, 0.15) is 31.4 Å². The molecule has 1 heterocycles. The zero-order chi connectivity index (χ0) is 16.8. The number of amides is 1. The van der Waals surface area contributed by atoms with Gasteiger partial charge in [-0.15, -0.1) is 10.2 Å². The van der Waals surface area contributed by atoms with E-state index in [9.17, 15) is 4.79 Å². The minimum atomic E-state index is -0.215. The molecule has 1 amide bonds. The quantitative estimate of drug-likeness (QED) is 0.714. The van der Waals surface area contributed by atoms with E-state index in [1.807, 2.05) is 32.9 Å². The molecule has 0 aliphatic carbocycles. The lowest BCUT2D eigenvalue weighted by Gasteiger charge is -2.12. The molecule has 0 aliphatic rings. The fraction of sp³-hybridized carbons (Fsp3) is 0.438. The van der Waals surface area contributed by atoms with Crippen LogP contribution in [-0.2, 0) is 4.79 Å². The van der Waals surface area contributed by atoms with Crippen molar-refractivity contribution >= 4 is 46.5 Å². The standard InChI is InChI=1S/C16H21N3OS3/c1-5-8-21-15-18-19-16(23-15)22-12(4)14(20)17-13-7-6-10(2)9-11(13)3/h6-7,9,12H,5,8H2,1-4H3,(H,17,20)/t12-/m1/s1. The molecule has 1 aromatic heterocycles. The lowest BCUT2D eigenvalue weighted by atomic mass is 10.1. The van der Waals surface area contributed by atoms with Gasteiger partial charge in [-0.2, -0.15) is 0 Å². The summed E-state index contributed by atoms with van der Waals surface area (Å²) < 4.78 is 1.81. The number of hydrogen-bond donors (Lipinski definition) is 1. The Morgan fingerprint density at radius 1 is 1.30 bits per heavy atom. The number of anilines is 1.